The quantitative estimate of drug-likeness (QED) is 0.314. The zero-order chi connectivity index (χ0) is 14.1. The van der Waals surface area contributed by atoms with Gasteiger partial charge in [0.15, 0.2) is 5.44 Å². The van der Waals surface area contributed by atoms with Gasteiger partial charge in [-0.15, -0.1) is 0 Å². The molecule has 0 aromatic rings. The third-order valence-electron chi connectivity index (χ3n) is 3.52. The van der Waals surface area contributed by atoms with Crippen molar-refractivity contribution in [1.29, 1.82) is 0 Å². The van der Waals surface area contributed by atoms with Gasteiger partial charge < -0.3 is 9.84 Å². The van der Waals surface area contributed by atoms with Crippen LogP contribution < -0.4 is 0 Å². The molecule has 0 amide bonds. The van der Waals surface area contributed by atoms with E-state index in [0.717, 1.165) is 12.8 Å². The zero-order valence-electron chi connectivity index (χ0n) is 10.8. The Balaban J connectivity index is 0.00000324. The summed E-state index contributed by atoms with van der Waals surface area (Å²) in [5.41, 5.74) is -2.62. The molecular formula is C11H21NaO6S. The molecule has 0 radical (unpaired) electrons. The summed E-state index contributed by atoms with van der Waals surface area (Å²) >= 11 is 0. The van der Waals surface area contributed by atoms with Gasteiger partial charge in [0, 0.05) is 5.92 Å². The number of aliphatic hydroxyl groups is 1. The van der Waals surface area contributed by atoms with Crippen molar-refractivity contribution in [3.05, 3.63) is 0 Å². The van der Waals surface area contributed by atoms with Crippen LogP contribution in [-0.4, -0.2) is 65.6 Å². The average Bonchev–Trinajstić information content (AvgIpc) is 2.79. The summed E-state index contributed by atoms with van der Waals surface area (Å²) in [6.45, 7) is 5.58. The van der Waals surface area contributed by atoms with Crippen LogP contribution in [0.2, 0.25) is 0 Å². The molecule has 0 aliphatic heterocycles. The number of hydrogen-bond donors (Lipinski definition) is 2. The van der Waals surface area contributed by atoms with Crippen molar-refractivity contribution in [3.8, 4) is 0 Å². The molecule has 0 saturated heterocycles. The van der Waals surface area contributed by atoms with Gasteiger partial charge in [-0.2, -0.15) is 8.42 Å². The van der Waals surface area contributed by atoms with Crippen LogP contribution >= 0.6 is 0 Å². The normalized spacial score (nSPS) is 26.2. The molecule has 1 rings (SSSR count). The van der Waals surface area contributed by atoms with Gasteiger partial charge in [-0.05, 0) is 11.8 Å². The first-order chi connectivity index (χ1) is 8.14. The van der Waals surface area contributed by atoms with E-state index in [1.165, 1.54) is 0 Å². The molecule has 3 atom stereocenters. The second-order valence-corrected chi connectivity index (χ2v) is 6.76. The number of hydrogen-bond acceptors (Lipinski definition) is 5. The maximum atomic E-state index is 11.7. The fraction of sp³-hybridized carbons (Fsp3) is 0.909. The van der Waals surface area contributed by atoms with E-state index in [1.54, 1.807) is 13.8 Å². The number of aliphatic hydroxyl groups excluding tert-OH is 1. The Kier molecular flexibility index (Phi) is 6.99. The molecule has 108 valence electrons. The molecule has 19 heavy (non-hydrogen) atoms. The number of carbonyl (C=O) groups is 1. The first-order valence-corrected chi connectivity index (χ1v) is 7.45. The van der Waals surface area contributed by atoms with Gasteiger partial charge in [0.2, 0.25) is 0 Å². The maximum absolute atomic E-state index is 11.7. The molecule has 1 aliphatic rings. The third-order valence-corrected chi connectivity index (χ3v) is 4.42. The molecule has 3 unspecified atom stereocenters. The minimum absolute atomic E-state index is 0. The van der Waals surface area contributed by atoms with E-state index in [9.17, 15) is 18.3 Å². The van der Waals surface area contributed by atoms with Crippen molar-refractivity contribution in [3.63, 3.8) is 0 Å². The Labute approximate surface area is 135 Å². The van der Waals surface area contributed by atoms with Crippen LogP contribution in [0.1, 0.15) is 33.6 Å². The molecule has 8 heteroatoms. The number of rotatable bonds is 6. The van der Waals surface area contributed by atoms with Crippen LogP contribution in [-0.2, 0) is 19.6 Å². The van der Waals surface area contributed by atoms with Crippen LogP contribution in [0.15, 0.2) is 0 Å². The summed E-state index contributed by atoms with van der Waals surface area (Å²) in [6.07, 6.45) is 1.63. The van der Waals surface area contributed by atoms with Gasteiger partial charge in [-0.1, -0.05) is 27.2 Å². The van der Waals surface area contributed by atoms with Crippen molar-refractivity contribution in [2.24, 2.45) is 17.3 Å². The van der Waals surface area contributed by atoms with Crippen LogP contribution in [0.5, 0.6) is 0 Å². The molecule has 1 fully saturated rings. The monoisotopic (exact) mass is 304 g/mol. The summed E-state index contributed by atoms with van der Waals surface area (Å²) in [7, 11) is -4.55. The van der Waals surface area contributed by atoms with Crippen molar-refractivity contribution >= 4 is 45.6 Å². The summed E-state index contributed by atoms with van der Waals surface area (Å²) in [5, 5.41) is 9.51. The summed E-state index contributed by atoms with van der Waals surface area (Å²) in [5.74, 6) is -2.02. The first-order valence-electron chi connectivity index (χ1n) is 5.95. The van der Waals surface area contributed by atoms with Crippen LogP contribution in [0.4, 0.5) is 0 Å². The van der Waals surface area contributed by atoms with Crippen molar-refractivity contribution in [2.45, 2.75) is 39.0 Å². The van der Waals surface area contributed by atoms with Gasteiger partial charge >= 0.3 is 35.5 Å². The van der Waals surface area contributed by atoms with Gasteiger partial charge in [0.1, 0.15) is 0 Å². The van der Waals surface area contributed by atoms with Crippen molar-refractivity contribution < 1.29 is 27.6 Å². The van der Waals surface area contributed by atoms with Crippen LogP contribution in [0.3, 0.4) is 0 Å². The van der Waals surface area contributed by atoms with Gasteiger partial charge in [0.05, 0.1) is 12.5 Å². The molecule has 0 heterocycles. The standard InChI is InChI=1S/C11H20O6S.Na.H/c1-4-5-6-17-9(12)7-8(11(7,2)3)10(13)18(14,15)16;;/h7-8,10,13H,4-6H2,1-3H3,(H,14,15,16);;. The van der Waals surface area contributed by atoms with E-state index in [0.29, 0.717) is 0 Å². The molecule has 0 aromatic heterocycles. The molecule has 0 spiro atoms. The van der Waals surface area contributed by atoms with Crippen molar-refractivity contribution in [2.75, 3.05) is 6.61 Å². The molecule has 1 aliphatic carbocycles. The van der Waals surface area contributed by atoms with E-state index in [2.05, 4.69) is 0 Å². The Morgan fingerprint density at radius 3 is 2.37 bits per heavy atom. The SMILES string of the molecule is CCCCOC(=O)C1C(C(O)S(=O)(=O)O)C1(C)C.[NaH]. The van der Waals surface area contributed by atoms with E-state index < -0.39 is 38.8 Å². The van der Waals surface area contributed by atoms with Crippen LogP contribution in [0.25, 0.3) is 0 Å². The molecular weight excluding hydrogens is 283 g/mol. The van der Waals surface area contributed by atoms with Gasteiger partial charge in [0.25, 0.3) is 10.1 Å². The number of carbonyl (C=O) groups excluding carboxylic acids is 1. The van der Waals surface area contributed by atoms with Gasteiger partial charge in [-0.25, -0.2) is 0 Å². The molecule has 1 saturated carbocycles. The fourth-order valence-electron chi connectivity index (χ4n) is 2.25. The Bertz CT molecular complexity index is 419. The topological polar surface area (TPSA) is 101 Å². The van der Waals surface area contributed by atoms with E-state index in [-0.39, 0.29) is 36.2 Å². The number of unbranched alkanes of at least 4 members (excludes halogenated alkanes) is 1. The van der Waals surface area contributed by atoms with E-state index in [1.807, 2.05) is 6.92 Å². The molecule has 6 nitrogen and oxygen atoms in total. The minimum atomic E-state index is -4.55. The second kappa shape index (κ2) is 6.87. The average molecular weight is 304 g/mol. The molecule has 0 aromatic carbocycles. The summed E-state index contributed by atoms with van der Waals surface area (Å²) in [6, 6.07) is 0. The zero-order valence-corrected chi connectivity index (χ0v) is 11.6. The Morgan fingerprint density at radius 2 is 1.95 bits per heavy atom. The second-order valence-electron chi connectivity index (χ2n) is 5.25. The summed E-state index contributed by atoms with van der Waals surface area (Å²) in [4.78, 5) is 11.7. The predicted octanol–water partition coefficient (Wildman–Crippen LogP) is 0.160. The molecule has 2 N–H and O–H groups in total. The number of esters is 1. The Morgan fingerprint density at radius 1 is 1.42 bits per heavy atom. The first kappa shape index (κ1) is 19.3. The van der Waals surface area contributed by atoms with Crippen LogP contribution in [0, 0.1) is 17.3 Å². The number of ether oxygens (including phenoxy) is 1. The fourth-order valence-corrected chi connectivity index (χ4v) is 3.13. The molecule has 0 bridgehead atoms. The van der Waals surface area contributed by atoms with Gasteiger partial charge in [-0.3, -0.25) is 9.35 Å². The summed E-state index contributed by atoms with van der Waals surface area (Å²) < 4.78 is 35.6. The van der Waals surface area contributed by atoms with E-state index in [4.69, 9.17) is 9.29 Å². The third kappa shape index (κ3) is 4.41. The predicted molar refractivity (Wildman–Crippen MR) is 71.3 cm³/mol. The Hall–Kier alpha value is 0.340. The van der Waals surface area contributed by atoms with E-state index >= 15 is 0 Å². The van der Waals surface area contributed by atoms with Crippen molar-refractivity contribution in [1.82, 2.24) is 0 Å².